The average Bonchev–Trinajstić information content (AvgIpc) is 3.31. The number of aryl methyl sites for hydroxylation is 4. The smallest absolute Gasteiger partial charge is 0.256 e. The minimum Gasteiger partial charge on any atom is -0.322 e. The molecule has 3 aromatic rings. The topological polar surface area (TPSA) is 59.8 Å². The fourth-order valence-electron chi connectivity index (χ4n) is 4.08. The molecule has 0 unspecified atom stereocenters. The van der Waals surface area contributed by atoms with Crippen LogP contribution in [-0.4, -0.2) is 20.7 Å². The van der Waals surface area contributed by atoms with E-state index in [1.54, 1.807) is 4.68 Å². The largest absolute Gasteiger partial charge is 0.322 e. The van der Waals surface area contributed by atoms with E-state index >= 15 is 0 Å². The molecule has 1 N–H and O–H groups in total. The van der Waals surface area contributed by atoms with Gasteiger partial charge in [-0.05, 0) is 68.4 Å². The fourth-order valence-corrected chi connectivity index (χ4v) is 4.08. The predicted octanol–water partition coefficient (Wildman–Crippen LogP) is 3.90. The van der Waals surface area contributed by atoms with Crippen LogP contribution in [0.4, 0.5) is 5.69 Å². The van der Waals surface area contributed by atoms with Gasteiger partial charge in [-0.2, -0.15) is 5.10 Å². The summed E-state index contributed by atoms with van der Waals surface area (Å²) in [6, 6.07) is 8.25. The third-order valence-corrected chi connectivity index (χ3v) is 5.59. The third kappa shape index (κ3) is 2.50. The number of rotatable bonds is 3. The van der Waals surface area contributed by atoms with Gasteiger partial charge in [-0.3, -0.25) is 9.48 Å². The second kappa shape index (κ2) is 5.66. The Hall–Kier alpha value is -2.69. The number of hydrogen-bond donors (Lipinski definition) is 1. The molecule has 1 amide bonds. The number of aromatic nitrogens is 3. The number of carbonyl (C=O) groups excluding carboxylic acids is 1. The lowest BCUT2D eigenvalue weighted by Gasteiger charge is -2.10. The molecule has 5 rings (SSSR count). The summed E-state index contributed by atoms with van der Waals surface area (Å²) in [7, 11) is 1.89. The molecule has 0 radical (unpaired) electrons. The summed E-state index contributed by atoms with van der Waals surface area (Å²) in [6.45, 7) is 1.94. The Kier molecular flexibility index (Phi) is 3.39. The molecule has 0 saturated heterocycles. The van der Waals surface area contributed by atoms with Crippen molar-refractivity contribution in [3.63, 3.8) is 0 Å². The number of anilines is 1. The number of fused-ring (bicyclic) bond motifs is 2. The van der Waals surface area contributed by atoms with Gasteiger partial charge in [0.25, 0.3) is 5.91 Å². The molecule has 2 aliphatic carbocycles. The van der Waals surface area contributed by atoms with Crippen molar-refractivity contribution in [1.29, 1.82) is 0 Å². The van der Waals surface area contributed by atoms with Gasteiger partial charge in [-0.1, -0.05) is 6.07 Å². The van der Waals surface area contributed by atoms with Gasteiger partial charge in [0, 0.05) is 24.3 Å². The number of nitrogens with zero attached hydrogens (tertiary/aromatic N) is 3. The highest BCUT2D eigenvalue weighted by Gasteiger charge is 2.28. The van der Waals surface area contributed by atoms with Crippen LogP contribution in [0, 0.1) is 6.92 Å². The van der Waals surface area contributed by atoms with E-state index < -0.39 is 0 Å². The van der Waals surface area contributed by atoms with Gasteiger partial charge >= 0.3 is 0 Å². The Bertz CT molecular complexity index is 1050. The molecule has 1 saturated carbocycles. The maximum atomic E-state index is 13.1. The van der Waals surface area contributed by atoms with Crippen molar-refractivity contribution in [2.45, 2.75) is 44.9 Å². The molecule has 2 heterocycles. The van der Waals surface area contributed by atoms with Gasteiger partial charge in [-0.25, -0.2) is 4.98 Å². The first-order valence-electron chi connectivity index (χ1n) is 9.37. The standard InChI is InChI=1S/C21H22N4O/c1-12-19-17(11-18(14-6-7-14)23-20(19)25(2)24-12)21(26)22-16-9-8-13-4-3-5-15(13)10-16/h8-11,14H,3-7H2,1-2H3,(H,22,26). The first-order chi connectivity index (χ1) is 12.6. The van der Waals surface area contributed by atoms with Crippen LogP contribution in [0.2, 0.25) is 0 Å². The number of benzene rings is 1. The molecule has 5 heteroatoms. The molecule has 0 atom stereocenters. The maximum Gasteiger partial charge on any atom is 0.256 e. The lowest BCUT2D eigenvalue weighted by Crippen LogP contribution is -2.14. The Morgan fingerprint density at radius 1 is 1.19 bits per heavy atom. The number of pyridine rings is 1. The molecule has 0 bridgehead atoms. The van der Waals surface area contributed by atoms with Crippen molar-refractivity contribution < 1.29 is 4.79 Å². The van der Waals surface area contributed by atoms with Gasteiger partial charge in [-0.15, -0.1) is 0 Å². The van der Waals surface area contributed by atoms with Gasteiger partial charge < -0.3 is 5.32 Å². The van der Waals surface area contributed by atoms with Gasteiger partial charge in [0.1, 0.15) is 0 Å². The summed E-state index contributed by atoms with van der Waals surface area (Å²) in [5.74, 6) is 0.412. The van der Waals surface area contributed by atoms with Crippen LogP contribution in [0.15, 0.2) is 24.3 Å². The van der Waals surface area contributed by atoms with E-state index in [-0.39, 0.29) is 5.91 Å². The highest BCUT2D eigenvalue weighted by molar-refractivity contribution is 6.12. The molecule has 26 heavy (non-hydrogen) atoms. The van der Waals surface area contributed by atoms with E-state index in [9.17, 15) is 4.79 Å². The fraction of sp³-hybridized carbons (Fsp3) is 0.381. The molecule has 0 spiro atoms. The second-order valence-electron chi connectivity index (χ2n) is 7.57. The summed E-state index contributed by atoms with van der Waals surface area (Å²) in [5.41, 5.74) is 6.98. The third-order valence-electron chi connectivity index (χ3n) is 5.59. The Morgan fingerprint density at radius 3 is 2.81 bits per heavy atom. The Morgan fingerprint density at radius 2 is 2.00 bits per heavy atom. The molecule has 2 aliphatic rings. The van der Waals surface area contributed by atoms with E-state index in [2.05, 4.69) is 22.5 Å². The maximum absolute atomic E-state index is 13.1. The van der Waals surface area contributed by atoms with Crippen molar-refractivity contribution >= 4 is 22.6 Å². The van der Waals surface area contributed by atoms with Crippen LogP contribution in [0.1, 0.15) is 58.1 Å². The quantitative estimate of drug-likeness (QED) is 0.782. The first kappa shape index (κ1) is 15.6. The van der Waals surface area contributed by atoms with Crippen molar-refractivity contribution in [1.82, 2.24) is 14.8 Å². The molecule has 0 aliphatic heterocycles. The summed E-state index contributed by atoms with van der Waals surface area (Å²) in [6.07, 6.45) is 5.76. The first-order valence-corrected chi connectivity index (χ1v) is 9.37. The van der Waals surface area contributed by atoms with Gasteiger partial charge in [0.05, 0.1) is 16.6 Å². The minimum atomic E-state index is -0.0756. The molecular weight excluding hydrogens is 324 g/mol. The highest BCUT2D eigenvalue weighted by Crippen LogP contribution is 2.40. The Balaban J connectivity index is 1.56. The van der Waals surface area contributed by atoms with Crippen LogP contribution in [0.25, 0.3) is 11.0 Å². The van der Waals surface area contributed by atoms with E-state index in [0.717, 1.165) is 53.8 Å². The minimum absolute atomic E-state index is 0.0756. The van der Waals surface area contributed by atoms with Gasteiger partial charge in [0.2, 0.25) is 0 Å². The SMILES string of the molecule is Cc1nn(C)c2nc(C3CC3)cc(C(=O)Nc3ccc4c(c3)CCC4)c12. The molecule has 1 fully saturated rings. The summed E-state index contributed by atoms with van der Waals surface area (Å²) < 4.78 is 1.78. The van der Waals surface area contributed by atoms with E-state index in [1.165, 1.54) is 17.5 Å². The summed E-state index contributed by atoms with van der Waals surface area (Å²) in [4.78, 5) is 17.9. The monoisotopic (exact) mass is 346 g/mol. The highest BCUT2D eigenvalue weighted by atomic mass is 16.1. The van der Waals surface area contributed by atoms with Crippen LogP contribution in [0.5, 0.6) is 0 Å². The van der Waals surface area contributed by atoms with Crippen molar-refractivity contribution in [3.05, 3.63) is 52.3 Å². The lowest BCUT2D eigenvalue weighted by atomic mass is 10.1. The molecule has 5 nitrogen and oxygen atoms in total. The van der Waals surface area contributed by atoms with Crippen molar-refractivity contribution in [3.8, 4) is 0 Å². The zero-order chi connectivity index (χ0) is 17.8. The predicted molar refractivity (Wildman–Crippen MR) is 102 cm³/mol. The van der Waals surface area contributed by atoms with E-state index in [4.69, 9.17) is 4.98 Å². The number of hydrogen-bond acceptors (Lipinski definition) is 3. The lowest BCUT2D eigenvalue weighted by molar-refractivity contribution is 0.102. The van der Waals surface area contributed by atoms with Gasteiger partial charge in [0.15, 0.2) is 5.65 Å². The second-order valence-corrected chi connectivity index (χ2v) is 7.57. The zero-order valence-corrected chi connectivity index (χ0v) is 15.2. The van der Waals surface area contributed by atoms with Crippen molar-refractivity contribution in [2.24, 2.45) is 7.05 Å². The van der Waals surface area contributed by atoms with Crippen molar-refractivity contribution in [2.75, 3.05) is 5.32 Å². The zero-order valence-electron chi connectivity index (χ0n) is 15.2. The average molecular weight is 346 g/mol. The summed E-state index contributed by atoms with van der Waals surface area (Å²) in [5, 5.41) is 8.44. The number of nitrogens with one attached hydrogen (secondary N) is 1. The van der Waals surface area contributed by atoms with Crippen LogP contribution >= 0.6 is 0 Å². The molecular formula is C21H22N4O. The number of amides is 1. The molecule has 2 aromatic heterocycles. The normalized spacial score (nSPS) is 16.1. The Labute approximate surface area is 152 Å². The molecule has 1 aromatic carbocycles. The summed E-state index contributed by atoms with van der Waals surface area (Å²) >= 11 is 0. The van der Waals surface area contributed by atoms with Crippen LogP contribution in [-0.2, 0) is 19.9 Å². The van der Waals surface area contributed by atoms with Crippen LogP contribution in [0.3, 0.4) is 0 Å². The number of carbonyl (C=O) groups is 1. The van der Waals surface area contributed by atoms with E-state index in [1.807, 2.05) is 26.1 Å². The van der Waals surface area contributed by atoms with Crippen LogP contribution < -0.4 is 5.32 Å². The molecule has 132 valence electrons. The van der Waals surface area contributed by atoms with E-state index in [0.29, 0.717) is 11.5 Å².